The van der Waals surface area contributed by atoms with Crippen molar-refractivity contribution in [3.63, 3.8) is 0 Å². The molecule has 0 saturated carbocycles. The Morgan fingerprint density at radius 1 is 0.754 bits per heavy atom. The first-order chi connectivity index (χ1) is 31.4. The lowest BCUT2D eigenvalue weighted by molar-refractivity contribution is -0.136. The summed E-state index contributed by atoms with van der Waals surface area (Å²) in [6.07, 6.45) is 6.65. The SMILES string of the molecule is CC(C)(c1ccc(OCc2ccnc(N3CCN(CC4CCN(CC5CCN(c6ccc7c(c6)C(=O)N(C6CCC(=O)NC6=O)C7=O)CC5)CC4)CC3)n2)cc1)c1cc(Cl)cc(C#N)c1. The van der Waals surface area contributed by atoms with E-state index in [1.807, 2.05) is 42.6 Å². The molecule has 9 rings (SSSR count). The number of hydrogen-bond donors (Lipinski definition) is 1. The molecule has 15 heteroatoms. The van der Waals surface area contributed by atoms with Gasteiger partial charge in [0.2, 0.25) is 17.8 Å². The third-order valence-corrected chi connectivity index (χ3v) is 14.4. The molecule has 338 valence electrons. The number of piperazine rings is 1. The molecule has 5 aliphatic heterocycles. The summed E-state index contributed by atoms with van der Waals surface area (Å²) in [5.41, 5.74) is 4.68. The first-order valence-corrected chi connectivity index (χ1v) is 23.4. The second kappa shape index (κ2) is 18.9. The maximum Gasteiger partial charge on any atom is 0.262 e. The summed E-state index contributed by atoms with van der Waals surface area (Å²) in [4.78, 5) is 71.0. The lowest BCUT2D eigenvalue weighted by Crippen LogP contribution is -2.54. The Morgan fingerprint density at radius 3 is 2.12 bits per heavy atom. The number of halogens is 1. The van der Waals surface area contributed by atoms with Crippen molar-refractivity contribution in [3.05, 3.63) is 111 Å². The Bertz CT molecular complexity index is 2490. The van der Waals surface area contributed by atoms with Gasteiger partial charge in [0.25, 0.3) is 11.8 Å². The lowest BCUT2D eigenvalue weighted by Gasteiger charge is -2.40. The molecule has 0 radical (unpaired) electrons. The molecule has 6 heterocycles. The van der Waals surface area contributed by atoms with Crippen LogP contribution in [0, 0.1) is 23.2 Å². The number of ether oxygens (including phenoxy) is 1. The van der Waals surface area contributed by atoms with E-state index in [4.69, 9.17) is 21.3 Å². The molecule has 1 aromatic heterocycles. The minimum Gasteiger partial charge on any atom is -0.487 e. The molecule has 4 saturated heterocycles. The molecule has 0 bridgehead atoms. The minimum absolute atomic E-state index is 0.103. The van der Waals surface area contributed by atoms with Gasteiger partial charge in [0.15, 0.2) is 0 Å². The van der Waals surface area contributed by atoms with Crippen molar-refractivity contribution < 1.29 is 23.9 Å². The summed E-state index contributed by atoms with van der Waals surface area (Å²) in [5, 5.41) is 12.2. The number of fused-ring (bicyclic) bond motifs is 1. The van der Waals surface area contributed by atoms with Gasteiger partial charge in [-0.25, -0.2) is 9.97 Å². The van der Waals surface area contributed by atoms with Crippen LogP contribution in [0.4, 0.5) is 11.6 Å². The van der Waals surface area contributed by atoms with Gasteiger partial charge in [-0.3, -0.25) is 34.3 Å². The lowest BCUT2D eigenvalue weighted by atomic mass is 9.78. The zero-order valence-corrected chi connectivity index (χ0v) is 37.9. The van der Waals surface area contributed by atoms with E-state index < -0.39 is 23.8 Å². The van der Waals surface area contributed by atoms with Crippen molar-refractivity contribution in [1.82, 2.24) is 30.0 Å². The maximum atomic E-state index is 13.4. The van der Waals surface area contributed by atoms with Crippen LogP contribution in [0.3, 0.4) is 0 Å². The summed E-state index contributed by atoms with van der Waals surface area (Å²) in [5.74, 6) is 0.915. The third kappa shape index (κ3) is 9.74. The number of nitrogens with one attached hydrogen (secondary N) is 1. The van der Waals surface area contributed by atoms with Crippen LogP contribution in [0.5, 0.6) is 5.75 Å². The number of carbonyl (C=O) groups is 4. The zero-order valence-electron chi connectivity index (χ0n) is 37.2. The Hall–Kier alpha value is -5.88. The van der Waals surface area contributed by atoms with Crippen LogP contribution in [0.1, 0.15) is 95.5 Å². The van der Waals surface area contributed by atoms with Gasteiger partial charge >= 0.3 is 0 Å². The fourth-order valence-electron chi connectivity index (χ4n) is 10.2. The molecule has 3 aromatic carbocycles. The number of likely N-dealkylation sites (tertiary alicyclic amines) is 1. The van der Waals surface area contributed by atoms with Crippen LogP contribution in [0.25, 0.3) is 0 Å². The van der Waals surface area contributed by atoms with Crippen molar-refractivity contribution in [2.24, 2.45) is 11.8 Å². The van der Waals surface area contributed by atoms with Gasteiger partial charge < -0.3 is 19.4 Å². The normalized spacial score (nSPS) is 20.5. The molecule has 1 atom stereocenters. The van der Waals surface area contributed by atoms with Crippen LogP contribution in [-0.2, 0) is 21.6 Å². The predicted molar refractivity (Wildman–Crippen MR) is 247 cm³/mol. The van der Waals surface area contributed by atoms with Gasteiger partial charge in [0.05, 0.1) is 28.5 Å². The van der Waals surface area contributed by atoms with E-state index in [-0.39, 0.29) is 24.2 Å². The number of carbonyl (C=O) groups excluding carboxylic acids is 4. The Kier molecular flexibility index (Phi) is 12.9. The summed E-state index contributed by atoms with van der Waals surface area (Å²) < 4.78 is 6.15. The average molecular weight is 899 g/mol. The molecule has 4 amide bonds. The second-order valence-corrected chi connectivity index (χ2v) is 19.2. The smallest absolute Gasteiger partial charge is 0.262 e. The number of hydrogen-bond acceptors (Lipinski definition) is 12. The fourth-order valence-corrected chi connectivity index (χ4v) is 10.4. The van der Waals surface area contributed by atoms with E-state index in [1.54, 1.807) is 18.2 Å². The number of nitrogens with zero attached hydrogens (tertiary/aromatic N) is 8. The van der Waals surface area contributed by atoms with Crippen molar-refractivity contribution in [2.45, 2.75) is 70.4 Å². The molecule has 0 spiro atoms. The molecule has 4 aromatic rings. The molecule has 1 unspecified atom stereocenters. The van der Waals surface area contributed by atoms with E-state index in [0.29, 0.717) is 40.2 Å². The number of aromatic nitrogens is 2. The standard InChI is InChI=1S/C50H56ClN9O5/c1-50(2,37-25-35(29-52)26-38(51)27-37)36-3-6-41(7-4-36)65-32-39-11-16-53-49(54-39)59-23-21-57(22-24-59)31-33-12-17-56(18-13-33)30-34-14-19-58(20-15-34)40-5-8-42-43(28-40)48(64)60(47(42)63)44-9-10-45(61)55-46(44)62/h3-8,11,16,25-28,33-34,44H,9-10,12-15,17-24,30-32H2,1-2H3,(H,55,61,62). The first kappa shape index (κ1) is 44.3. The van der Waals surface area contributed by atoms with Gasteiger partial charge in [-0.2, -0.15) is 5.26 Å². The highest BCUT2D eigenvalue weighted by Gasteiger charge is 2.45. The van der Waals surface area contributed by atoms with Gasteiger partial charge in [-0.15, -0.1) is 0 Å². The number of benzene rings is 3. The van der Waals surface area contributed by atoms with Crippen LogP contribution >= 0.6 is 11.6 Å². The highest BCUT2D eigenvalue weighted by atomic mass is 35.5. The molecular formula is C50H56ClN9O5. The average Bonchev–Trinajstić information content (AvgIpc) is 3.57. The predicted octanol–water partition coefficient (Wildman–Crippen LogP) is 6.06. The zero-order chi connectivity index (χ0) is 45.2. The summed E-state index contributed by atoms with van der Waals surface area (Å²) in [6.45, 7) is 14.6. The van der Waals surface area contributed by atoms with Gasteiger partial charge in [0, 0.05) is 81.1 Å². The van der Waals surface area contributed by atoms with Crippen molar-refractivity contribution in [3.8, 4) is 11.8 Å². The highest BCUT2D eigenvalue weighted by molar-refractivity contribution is 6.30. The minimum atomic E-state index is -0.958. The van der Waals surface area contributed by atoms with Gasteiger partial charge in [-0.05, 0) is 123 Å². The van der Waals surface area contributed by atoms with E-state index in [2.05, 4.69) is 61.9 Å². The number of piperidine rings is 3. The van der Waals surface area contributed by atoms with Crippen LogP contribution < -0.4 is 19.9 Å². The molecule has 65 heavy (non-hydrogen) atoms. The highest BCUT2D eigenvalue weighted by Crippen LogP contribution is 2.36. The Morgan fingerprint density at radius 2 is 1.43 bits per heavy atom. The number of amides is 4. The maximum absolute atomic E-state index is 13.4. The molecular weight excluding hydrogens is 842 g/mol. The van der Waals surface area contributed by atoms with E-state index in [9.17, 15) is 24.4 Å². The second-order valence-electron chi connectivity index (χ2n) is 18.8. The first-order valence-electron chi connectivity index (χ1n) is 23.0. The van der Waals surface area contributed by atoms with Crippen molar-refractivity contribution >= 4 is 46.9 Å². The molecule has 4 fully saturated rings. The van der Waals surface area contributed by atoms with Crippen LogP contribution in [-0.4, -0.2) is 120 Å². The number of nitriles is 1. The summed E-state index contributed by atoms with van der Waals surface area (Å²) >= 11 is 6.31. The number of rotatable bonds is 12. The fraction of sp³-hybridized carbons (Fsp3) is 0.460. The molecule has 1 N–H and O–H groups in total. The monoisotopic (exact) mass is 897 g/mol. The summed E-state index contributed by atoms with van der Waals surface area (Å²) in [7, 11) is 0. The number of anilines is 2. The third-order valence-electron chi connectivity index (χ3n) is 14.2. The van der Waals surface area contributed by atoms with Crippen LogP contribution in [0.15, 0.2) is 72.9 Å². The van der Waals surface area contributed by atoms with Crippen molar-refractivity contribution in [1.29, 1.82) is 5.26 Å². The number of imide groups is 2. The van der Waals surface area contributed by atoms with Gasteiger partial charge in [-0.1, -0.05) is 37.6 Å². The van der Waals surface area contributed by atoms with E-state index >= 15 is 0 Å². The topological polar surface area (TPSA) is 155 Å². The Labute approximate surface area is 385 Å². The largest absolute Gasteiger partial charge is 0.487 e. The van der Waals surface area contributed by atoms with Crippen molar-refractivity contribution in [2.75, 3.05) is 75.2 Å². The Balaban J connectivity index is 0.682. The van der Waals surface area contributed by atoms with E-state index in [1.165, 1.54) is 12.8 Å². The van der Waals surface area contributed by atoms with Gasteiger partial charge in [0.1, 0.15) is 18.4 Å². The van der Waals surface area contributed by atoms with E-state index in [0.717, 1.165) is 117 Å². The molecule has 14 nitrogen and oxygen atoms in total. The molecule has 5 aliphatic rings. The quantitative estimate of drug-likeness (QED) is 0.165. The van der Waals surface area contributed by atoms with Crippen LogP contribution in [0.2, 0.25) is 5.02 Å². The molecule has 0 aliphatic carbocycles. The summed E-state index contributed by atoms with van der Waals surface area (Å²) in [6, 6.07) is 22.1.